The molecule has 8 heteroatoms. The van der Waals surface area contributed by atoms with Crippen LogP contribution in [0.3, 0.4) is 0 Å². The van der Waals surface area contributed by atoms with Gasteiger partial charge in [-0.3, -0.25) is 5.43 Å². The largest absolute Gasteiger partial charge is 0.497 e. The molecule has 0 atom stereocenters. The fraction of sp³-hybridized carbons (Fsp3) is 0.130. The maximum absolute atomic E-state index is 5.89. The van der Waals surface area contributed by atoms with Gasteiger partial charge in [-0.1, -0.05) is 35.1 Å². The predicted octanol–water partition coefficient (Wildman–Crippen LogP) is 5.86. The third-order valence-corrected chi connectivity index (χ3v) is 5.49. The summed E-state index contributed by atoms with van der Waals surface area (Å²) < 4.78 is 18.0. The number of hydrogen-bond donors (Lipinski definition) is 1. The lowest BCUT2D eigenvalue weighted by atomic mass is 10.2. The Hall–Kier alpha value is -3.29. The van der Waals surface area contributed by atoms with Crippen molar-refractivity contribution in [1.29, 1.82) is 0 Å². The van der Waals surface area contributed by atoms with E-state index >= 15 is 0 Å². The van der Waals surface area contributed by atoms with Crippen molar-refractivity contribution in [2.45, 2.75) is 0 Å². The number of nitrogens with zero attached hydrogens (tertiary/aromatic N) is 2. The number of fused-ring (bicyclic) bond motifs is 1. The molecule has 31 heavy (non-hydrogen) atoms. The first-order valence-corrected chi connectivity index (χ1v) is 10.7. The number of para-hydroxylation sites is 1. The SMILES string of the molecule is COc1ccc(OCCOc2ccc(Cl)cc2)c(/C=N/Nc2nc3ccccc3s2)c1. The first-order chi connectivity index (χ1) is 15.2. The fourth-order valence-electron chi connectivity index (χ4n) is 2.80. The molecular weight excluding hydrogens is 434 g/mol. The smallest absolute Gasteiger partial charge is 0.204 e. The van der Waals surface area contributed by atoms with Crippen LogP contribution in [0.15, 0.2) is 71.8 Å². The number of benzene rings is 3. The Kier molecular flexibility index (Phi) is 6.86. The molecule has 1 heterocycles. The van der Waals surface area contributed by atoms with Gasteiger partial charge in [0.25, 0.3) is 0 Å². The number of methoxy groups -OCH3 is 1. The molecule has 1 N–H and O–H groups in total. The minimum atomic E-state index is 0.376. The van der Waals surface area contributed by atoms with Crippen molar-refractivity contribution in [3.05, 3.63) is 77.3 Å². The summed E-state index contributed by atoms with van der Waals surface area (Å²) in [4.78, 5) is 4.51. The van der Waals surface area contributed by atoms with Crippen LogP contribution in [0.25, 0.3) is 10.2 Å². The van der Waals surface area contributed by atoms with Gasteiger partial charge in [0.05, 0.1) is 23.5 Å². The number of halogens is 1. The molecule has 3 aromatic carbocycles. The summed E-state index contributed by atoms with van der Waals surface area (Å²) in [5.74, 6) is 2.13. The third kappa shape index (κ3) is 5.65. The second-order valence-corrected chi connectivity index (χ2v) is 7.88. The highest BCUT2D eigenvalue weighted by atomic mass is 35.5. The highest BCUT2D eigenvalue weighted by Crippen LogP contribution is 2.26. The van der Waals surface area contributed by atoms with E-state index < -0.39 is 0 Å². The van der Waals surface area contributed by atoms with Gasteiger partial charge >= 0.3 is 0 Å². The van der Waals surface area contributed by atoms with E-state index in [9.17, 15) is 0 Å². The third-order valence-electron chi connectivity index (χ3n) is 4.30. The molecule has 0 saturated heterocycles. The molecule has 0 radical (unpaired) electrons. The Bertz CT molecular complexity index is 1150. The zero-order valence-corrected chi connectivity index (χ0v) is 18.3. The van der Waals surface area contributed by atoms with Crippen LogP contribution in [-0.2, 0) is 0 Å². The summed E-state index contributed by atoms with van der Waals surface area (Å²) in [6, 6.07) is 20.7. The van der Waals surface area contributed by atoms with Gasteiger partial charge < -0.3 is 14.2 Å². The summed E-state index contributed by atoms with van der Waals surface area (Å²) >= 11 is 7.43. The van der Waals surface area contributed by atoms with Crippen molar-refractivity contribution in [2.24, 2.45) is 5.10 Å². The van der Waals surface area contributed by atoms with E-state index in [0.717, 1.165) is 26.7 Å². The second-order valence-electron chi connectivity index (χ2n) is 6.41. The minimum absolute atomic E-state index is 0.376. The number of thiazole rings is 1. The molecular formula is C23H20ClN3O3S. The fourth-order valence-corrected chi connectivity index (χ4v) is 3.75. The monoisotopic (exact) mass is 453 g/mol. The van der Waals surface area contributed by atoms with Crippen molar-refractivity contribution in [2.75, 3.05) is 25.7 Å². The number of anilines is 1. The second kappa shape index (κ2) is 10.1. The molecule has 0 aliphatic heterocycles. The quantitative estimate of drug-likeness (QED) is 0.195. The van der Waals surface area contributed by atoms with Crippen LogP contribution in [0, 0.1) is 0 Å². The highest BCUT2D eigenvalue weighted by Gasteiger charge is 2.06. The summed E-state index contributed by atoms with van der Waals surface area (Å²) in [6.07, 6.45) is 1.68. The average molecular weight is 454 g/mol. The van der Waals surface area contributed by atoms with Crippen molar-refractivity contribution in [3.63, 3.8) is 0 Å². The Balaban J connectivity index is 1.38. The van der Waals surface area contributed by atoms with Crippen LogP contribution in [0.5, 0.6) is 17.2 Å². The van der Waals surface area contributed by atoms with Crippen molar-refractivity contribution >= 4 is 44.5 Å². The average Bonchev–Trinajstić information content (AvgIpc) is 3.21. The van der Waals surface area contributed by atoms with Crippen LogP contribution in [0.2, 0.25) is 5.02 Å². The van der Waals surface area contributed by atoms with Gasteiger partial charge in [-0.15, -0.1) is 0 Å². The molecule has 4 rings (SSSR count). The maximum atomic E-state index is 5.89. The molecule has 0 spiro atoms. The molecule has 1 aromatic heterocycles. The van der Waals surface area contributed by atoms with E-state index in [1.165, 1.54) is 0 Å². The number of rotatable bonds is 9. The normalized spacial score (nSPS) is 11.0. The number of nitrogens with one attached hydrogen (secondary N) is 1. The summed E-state index contributed by atoms with van der Waals surface area (Å²) in [5, 5.41) is 5.71. The number of aromatic nitrogens is 1. The van der Waals surface area contributed by atoms with Crippen molar-refractivity contribution in [3.8, 4) is 17.2 Å². The van der Waals surface area contributed by atoms with Gasteiger partial charge in [0, 0.05) is 10.6 Å². The highest BCUT2D eigenvalue weighted by molar-refractivity contribution is 7.22. The van der Waals surface area contributed by atoms with E-state index in [4.69, 9.17) is 25.8 Å². The Morgan fingerprint density at radius 2 is 1.77 bits per heavy atom. The van der Waals surface area contributed by atoms with Gasteiger partial charge in [-0.25, -0.2) is 4.98 Å². The lowest BCUT2D eigenvalue weighted by molar-refractivity contribution is 0.217. The van der Waals surface area contributed by atoms with E-state index in [0.29, 0.717) is 29.7 Å². The predicted molar refractivity (Wildman–Crippen MR) is 126 cm³/mol. The van der Waals surface area contributed by atoms with E-state index in [-0.39, 0.29) is 0 Å². The van der Waals surface area contributed by atoms with E-state index in [1.54, 1.807) is 36.8 Å². The lowest BCUT2D eigenvalue weighted by Crippen LogP contribution is -2.10. The number of ether oxygens (including phenoxy) is 3. The summed E-state index contributed by atoms with van der Waals surface area (Å²) in [6.45, 7) is 0.773. The van der Waals surface area contributed by atoms with Gasteiger partial charge in [0.2, 0.25) is 5.13 Å². The van der Waals surface area contributed by atoms with Gasteiger partial charge in [-0.05, 0) is 54.6 Å². The van der Waals surface area contributed by atoms with Crippen LogP contribution < -0.4 is 19.6 Å². The van der Waals surface area contributed by atoms with Crippen LogP contribution in [0.4, 0.5) is 5.13 Å². The standard InChI is InChI=1S/C23H20ClN3O3S/c1-28-19-10-11-21(30-13-12-29-18-8-6-17(24)7-9-18)16(14-19)15-25-27-23-26-20-4-2-3-5-22(20)31-23/h2-11,14-15H,12-13H2,1H3,(H,26,27)/b25-15+. The molecule has 4 aromatic rings. The summed E-state index contributed by atoms with van der Waals surface area (Å²) in [7, 11) is 1.62. The Labute approximate surface area is 189 Å². The van der Waals surface area contributed by atoms with Crippen LogP contribution in [-0.4, -0.2) is 31.5 Å². The molecule has 0 aliphatic rings. The van der Waals surface area contributed by atoms with Crippen molar-refractivity contribution in [1.82, 2.24) is 4.98 Å². The van der Waals surface area contributed by atoms with E-state index in [2.05, 4.69) is 15.5 Å². The number of hydrazone groups is 1. The van der Waals surface area contributed by atoms with Gasteiger partial charge in [0.15, 0.2) is 0 Å². The minimum Gasteiger partial charge on any atom is -0.497 e. The molecule has 158 valence electrons. The first kappa shape index (κ1) is 21.0. The molecule has 0 fully saturated rings. The topological polar surface area (TPSA) is 65.0 Å². The van der Waals surface area contributed by atoms with E-state index in [1.807, 2.05) is 54.6 Å². The molecule has 0 unspecified atom stereocenters. The van der Waals surface area contributed by atoms with Crippen LogP contribution >= 0.6 is 22.9 Å². The molecule has 0 bridgehead atoms. The molecule has 0 saturated carbocycles. The van der Waals surface area contributed by atoms with Gasteiger partial charge in [0.1, 0.15) is 30.5 Å². The van der Waals surface area contributed by atoms with Gasteiger partial charge in [-0.2, -0.15) is 5.10 Å². The van der Waals surface area contributed by atoms with Crippen LogP contribution in [0.1, 0.15) is 5.56 Å². The molecule has 6 nitrogen and oxygen atoms in total. The first-order valence-electron chi connectivity index (χ1n) is 9.55. The Morgan fingerprint density at radius 1 is 1.00 bits per heavy atom. The zero-order chi connectivity index (χ0) is 21.5. The molecule has 0 aliphatic carbocycles. The maximum Gasteiger partial charge on any atom is 0.204 e. The zero-order valence-electron chi connectivity index (χ0n) is 16.7. The Morgan fingerprint density at radius 3 is 2.58 bits per heavy atom. The molecule has 0 amide bonds. The van der Waals surface area contributed by atoms with Crippen molar-refractivity contribution < 1.29 is 14.2 Å². The lowest BCUT2D eigenvalue weighted by Gasteiger charge is -2.11. The number of hydrogen-bond acceptors (Lipinski definition) is 7. The summed E-state index contributed by atoms with van der Waals surface area (Å²) in [5.41, 5.74) is 4.70.